The molecule has 0 radical (unpaired) electrons. The first-order valence-electron chi connectivity index (χ1n) is 6.17. The number of halogens is 1. The van der Waals surface area contributed by atoms with E-state index in [1.807, 2.05) is 0 Å². The highest BCUT2D eigenvalue weighted by Gasteiger charge is 2.11. The molecule has 0 fully saturated rings. The van der Waals surface area contributed by atoms with E-state index < -0.39 is 10.7 Å². The molecule has 0 aliphatic rings. The van der Waals surface area contributed by atoms with Gasteiger partial charge in [0.05, 0.1) is 29.5 Å². The molecule has 0 bridgehead atoms. The van der Waals surface area contributed by atoms with Gasteiger partial charge in [-0.15, -0.1) is 0 Å². The molecule has 8 heteroatoms. The Bertz CT molecular complexity index is 730. The number of carbonyl (C=O) groups is 1. The molecule has 114 valence electrons. The first kappa shape index (κ1) is 17.0. The van der Waals surface area contributed by atoms with Gasteiger partial charge in [0.15, 0.2) is 0 Å². The van der Waals surface area contributed by atoms with Crippen molar-refractivity contribution in [2.45, 2.75) is 20.4 Å². The molecule has 0 amide bonds. The molecule has 0 atom stereocenters. The molecule has 0 saturated carbocycles. The number of nitro groups is 1. The van der Waals surface area contributed by atoms with Crippen LogP contribution in [0.3, 0.4) is 0 Å². The molecule has 1 aromatic carbocycles. The fourth-order valence-electron chi connectivity index (χ4n) is 1.47. The maximum absolute atomic E-state index is 13.3. The van der Waals surface area contributed by atoms with E-state index in [0.29, 0.717) is 5.56 Å². The van der Waals surface area contributed by atoms with Crippen molar-refractivity contribution in [1.29, 1.82) is 5.26 Å². The van der Waals surface area contributed by atoms with E-state index in [1.165, 1.54) is 42.9 Å². The zero-order chi connectivity index (χ0) is 16.7. The predicted octanol–water partition coefficient (Wildman–Crippen LogP) is 2.45. The molecule has 0 aliphatic carbocycles. The number of carbonyl (C=O) groups excluding carboxylic acids is 1. The van der Waals surface area contributed by atoms with Crippen LogP contribution in [0.15, 0.2) is 30.5 Å². The fraction of sp³-hybridized carbons (Fsp3) is 0.214. The molecule has 22 heavy (non-hydrogen) atoms. The third-order valence-electron chi connectivity index (χ3n) is 2.31. The Morgan fingerprint density at radius 2 is 2.09 bits per heavy atom. The molecule has 0 aliphatic heterocycles. The van der Waals surface area contributed by atoms with Crippen molar-refractivity contribution in [3.63, 3.8) is 0 Å². The Labute approximate surface area is 125 Å². The Hall–Kier alpha value is -3.08. The summed E-state index contributed by atoms with van der Waals surface area (Å²) in [5.74, 6) is -0.708. The minimum absolute atomic E-state index is 0.0369. The summed E-state index contributed by atoms with van der Waals surface area (Å²) in [4.78, 5) is 19.3. The van der Waals surface area contributed by atoms with E-state index in [4.69, 9.17) is 5.26 Å². The Kier molecular flexibility index (Phi) is 5.89. The summed E-state index contributed by atoms with van der Waals surface area (Å²) in [5, 5.41) is 22.7. The van der Waals surface area contributed by atoms with Gasteiger partial charge in [0, 0.05) is 0 Å². The molecular formula is C14H13FN4O3. The molecular weight excluding hydrogens is 291 g/mol. The van der Waals surface area contributed by atoms with Gasteiger partial charge in [-0.05, 0) is 36.5 Å². The van der Waals surface area contributed by atoms with Crippen molar-refractivity contribution in [2.24, 2.45) is 0 Å². The highest BCUT2D eigenvalue weighted by molar-refractivity contribution is 5.72. The Balaban J connectivity index is 0.000000541. The first-order valence-corrected chi connectivity index (χ1v) is 6.17. The number of hydrogen-bond acceptors (Lipinski definition) is 5. The van der Waals surface area contributed by atoms with Gasteiger partial charge in [-0.2, -0.15) is 9.94 Å². The summed E-state index contributed by atoms with van der Waals surface area (Å²) in [5.41, 5.74) is 0.537. The van der Waals surface area contributed by atoms with Crippen molar-refractivity contribution in [2.75, 3.05) is 0 Å². The number of rotatable bonds is 3. The van der Waals surface area contributed by atoms with E-state index >= 15 is 0 Å². The van der Waals surface area contributed by atoms with Gasteiger partial charge in [0.25, 0.3) is 0 Å². The van der Waals surface area contributed by atoms with Gasteiger partial charge in [0.1, 0.15) is 17.7 Å². The van der Waals surface area contributed by atoms with Gasteiger partial charge in [-0.3, -0.25) is 0 Å². The Morgan fingerprint density at radius 3 is 2.55 bits per heavy atom. The van der Waals surface area contributed by atoms with Gasteiger partial charge in [-0.1, -0.05) is 6.07 Å². The monoisotopic (exact) mass is 304 g/mol. The minimum atomic E-state index is -0.614. The van der Waals surface area contributed by atoms with Crippen LogP contribution in [-0.2, 0) is 11.3 Å². The average Bonchev–Trinajstić information content (AvgIpc) is 2.87. The summed E-state index contributed by atoms with van der Waals surface area (Å²) in [6.45, 7) is 3.26. The second-order valence-electron chi connectivity index (χ2n) is 4.46. The van der Waals surface area contributed by atoms with Crippen LogP contribution in [0.25, 0.3) is 0 Å². The molecule has 1 heterocycles. The predicted molar refractivity (Wildman–Crippen MR) is 75.5 cm³/mol. The standard InChI is InChI=1S/C11H7FN4O2.C3H6O/c12-10-5-8(1-2-9(10)6-13)7-15-4-3-11(14-15)16(17)18;1-3(2)4/h1-5H,7H2;1-2H3. The highest BCUT2D eigenvalue weighted by atomic mass is 19.1. The molecule has 1 aromatic heterocycles. The van der Waals surface area contributed by atoms with E-state index in [9.17, 15) is 19.3 Å². The van der Waals surface area contributed by atoms with Crippen molar-refractivity contribution >= 4 is 11.6 Å². The SMILES string of the molecule is CC(C)=O.N#Cc1ccc(Cn2ccc([N+](=O)[O-])n2)cc1F. The number of hydrogen-bond donors (Lipinski definition) is 0. The van der Waals surface area contributed by atoms with Gasteiger partial charge in [0.2, 0.25) is 0 Å². The van der Waals surface area contributed by atoms with Gasteiger partial charge >= 0.3 is 5.82 Å². The van der Waals surface area contributed by atoms with Crippen molar-refractivity contribution in [3.8, 4) is 6.07 Å². The number of aromatic nitrogens is 2. The van der Waals surface area contributed by atoms with Crippen LogP contribution in [0.2, 0.25) is 0 Å². The second kappa shape index (κ2) is 7.64. The summed E-state index contributed by atoms with van der Waals surface area (Å²) in [6, 6.07) is 7.14. The first-order chi connectivity index (χ1) is 10.3. The normalized spacial score (nSPS) is 9.36. The van der Waals surface area contributed by atoms with E-state index in [-0.39, 0.29) is 23.7 Å². The highest BCUT2D eigenvalue weighted by Crippen LogP contribution is 2.12. The lowest BCUT2D eigenvalue weighted by Crippen LogP contribution is -2.02. The van der Waals surface area contributed by atoms with Crippen molar-refractivity contribution in [3.05, 3.63) is 57.5 Å². The number of Topliss-reactive ketones (excluding diaryl/α,β-unsaturated/α-hetero) is 1. The molecule has 2 rings (SSSR count). The topological polar surface area (TPSA) is 102 Å². The largest absolute Gasteiger partial charge is 0.389 e. The van der Waals surface area contributed by atoms with Crippen LogP contribution < -0.4 is 0 Å². The quantitative estimate of drug-likeness (QED) is 0.640. The second-order valence-corrected chi connectivity index (χ2v) is 4.46. The third-order valence-corrected chi connectivity index (χ3v) is 2.31. The summed E-state index contributed by atoms with van der Waals surface area (Å²) >= 11 is 0. The summed E-state index contributed by atoms with van der Waals surface area (Å²) in [7, 11) is 0. The average molecular weight is 304 g/mol. The summed E-state index contributed by atoms with van der Waals surface area (Å²) < 4.78 is 14.7. The lowest BCUT2D eigenvalue weighted by Gasteiger charge is -1.99. The maximum atomic E-state index is 13.3. The molecule has 7 nitrogen and oxygen atoms in total. The van der Waals surface area contributed by atoms with Crippen LogP contribution in [0.4, 0.5) is 10.2 Å². The van der Waals surface area contributed by atoms with Crippen LogP contribution in [-0.4, -0.2) is 20.5 Å². The van der Waals surface area contributed by atoms with Gasteiger partial charge < -0.3 is 14.9 Å². The third kappa shape index (κ3) is 5.13. The Morgan fingerprint density at radius 1 is 1.45 bits per heavy atom. The molecule has 0 N–H and O–H groups in total. The van der Waals surface area contributed by atoms with Crippen LogP contribution in [0, 0.1) is 27.3 Å². The zero-order valence-corrected chi connectivity index (χ0v) is 12.0. The maximum Gasteiger partial charge on any atom is 0.389 e. The van der Waals surface area contributed by atoms with E-state index in [2.05, 4.69) is 5.10 Å². The van der Waals surface area contributed by atoms with Crippen LogP contribution in [0.1, 0.15) is 25.0 Å². The zero-order valence-electron chi connectivity index (χ0n) is 12.0. The number of benzene rings is 1. The van der Waals surface area contributed by atoms with E-state index in [1.54, 1.807) is 12.1 Å². The molecule has 0 saturated heterocycles. The minimum Gasteiger partial charge on any atom is -0.358 e. The lowest BCUT2D eigenvalue weighted by molar-refractivity contribution is -0.389. The van der Waals surface area contributed by atoms with E-state index in [0.717, 1.165) is 0 Å². The molecule has 0 unspecified atom stereocenters. The number of nitriles is 1. The number of nitrogens with zero attached hydrogens (tertiary/aromatic N) is 4. The summed E-state index contributed by atoms with van der Waals surface area (Å²) in [6.07, 6.45) is 1.44. The fourth-order valence-corrected chi connectivity index (χ4v) is 1.47. The van der Waals surface area contributed by atoms with Gasteiger partial charge in [-0.25, -0.2) is 4.39 Å². The smallest absolute Gasteiger partial charge is 0.358 e. The van der Waals surface area contributed by atoms with Crippen LogP contribution in [0.5, 0.6) is 0 Å². The van der Waals surface area contributed by atoms with Crippen molar-refractivity contribution < 1.29 is 14.1 Å². The van der Waals surface area contributed by atoms with Crippen LogP contribution >= 0.6 is 0 Å². The number of ketones is 1. The lowest BCUT2D eigenvalue weighted by atomic mass is 10.1. The molecule has 2 aromatic rings. The van der Waals surface area contributed by atoms with Crippen molar-refractivity contribution in [1.82, 2.24) is 9.78 Å². The molecule has 0 spiro atoms.